The maximum atomic E-state index is 13.0. The van der Waals surface area contributed by atoms with E-state index in [0.29, 0.717) is 22.9 Å². The first-order valence-corrected chi connectivity index (χ1v) is 8.03. The molecule has 0 fully saturated rings. The highest BCUT2D eigenvalue weighted by Crippen LogP contribution is 2.32. The summed E-state index contributed by atoms with van der Waals surface area (Å²) in [5, 5.41) is 12.0. The number of carbonyl (C=O) groups is 1. The second kappa shape index (κ2) is 7.11. The lowest BCUT2D eigenvalue weighted by Gasteiger charge is -2.17. The molecule has 1 aromatic heterocycles. The maximum absolute atomic E-state index is 13.0. The third-order valence-corrected chi connectivity index (χ3v) is 4.21. The van der Waals surface area contributed by atoms with Crippen LogP contribution in [-0.2, 0) is 19.0 Å². The number of amides is 1. The number of hydrogen-bond donors (Lipinski definition) is 3. The monoisotopic (exact) mass is 362 g/mol. The summed E-state index contributed by atoms with van der Waals surface area (Å²) in [6.07, 6.45) is -3.24. The molecular formula is C19H17F3N2O2. The van der Waals surface area contributed by atoms with Gasteiger partial charge in [0.15, 0.2) is 0 Å². The van der Waals surface area contributed by atoms with Crippen LogP contribution < -0.4 is 5.32 Å². The van der Waals surface area contributed by atoms with Gasteiger partial charge in [0.2, 0.25) is 0 Å². The van der Waals surface area contributed by atoms with Crippen molar-refractivity contribution >= 4 is 17.0 Å². The summed E-state index contributed by atoms with van der Waals surface area (Å²) in [6, 6.07) is 12.4. The van der Waals surface area contributed by atoms with Crippen LogP contribution in [0, 0.1) is 0 Å². The van der Waals surface area contributed by atoms with E-state index < -0.39 is 23.9 Å². The maximum Gasteiger partial charge on any atom is 0.416 e. The zero-order valence-electron chi connectivity index (χ0n) is 13.7. The molecular weight excluding hydrogens is 345 g/mol. The van der Waals surface area contributed by atoms with Crippen LogP contribution in [0.25, 0.3) is 10.9 Å². The molecule has 0 spiro atoms. The summed E-state index contributed by atoms with van der Waals surface area (Å²) in [6.45, 7) is 0. The second-order valence-corrected chi connectivity index (χ2v) is 6.11. The van der Waals surface area contributed by atoms with Crippen molar-refractivity contribution in [3.63, 3.8) is 0 Å². The van der Waals surface area contributed by atoms with Gasteiger partial charge in [0.25, 0.3) is 0 Å². The van der Waals surface area contributed by atoms with E-state index in [2.05, 4.69) is 10.3 Å². The lowest BCUT2D eigenvalue weighted by molar-refractivity contribution is -0.137. The van der Waals surface area contributed by atoms with Gasteiger partial charge in [0.1, 0.15) is 0 Å². The number of fused-ring (bicyclic) bond motifs is 1. The van der Waals surface area contributed by atoms with Crippen molar-refractivity contribution in [3.8, 4) is 0 Å². The van der Waals surface area contributed by atoms with Crippen molar-refractivity contribution in [3.05, 3.63) is 71.4 Å². The van der Waals surface area contributed by atoms with Crippen molar-refractivity contribution in [1.82, 2.24) is 10.3 Å². The Morgan fingerprint density at radius 3 is 2.50 bits per heavy atom. The smallest absolute Gasteiger partial charge is 0.416 e. The van der Waals surface area contributed by atoms with Crippen LogP contribution in [0.4, 0.5) is 18.0 Å². The lowest BCUT2D eigenvalue weighted by atomic mass is 9.98. The Morgan fingerprint density at radius 2 is 1.85 bits per heavy atom. The third-order valence-electron chi connectivity index (χ3n) is 4.21. The van der Waals surface area contributed by atoms with E-state index in [1.165, 1.54) is 6.07 Å². The second-order valence-electron chi connectivity index (χ2n) is 6.11. The van der Waals surface area contributed by atoms with Gasteiger partial charge >= 0.3 is 12.3 Å². The zero-order valence-corrected chi connectivity index (χ0v) is 13.7. The standard InChI is InChI=1S/C19H17F3N2O2/c20-19(21,22)14-6-7-17-16(10-14)13(11-23-17)9-15(24-18(25)26)8-12-4-2-1-3-5-12/h1-7,10-11,15,23-24H,8-9H2,(H,25,26)/t15-/m1/s1. The minimum atomic E-state index is -4.43. The molecule has 0 saturated heterocycles. The molecule has 4 nitrogen and oxygen atoms in total. The van der Waals surface area contributed by atoms with Gasteiger partial charge in [-0.05, 0) is 42.2 Å². The van der Waals surface area contributed by atoms with Gasteiger partial charge in [-0.15, -0.1) is 0 Å². The number of aromatic amines is 1. The van der Waals surface area contributed by atoms with Crippen molar-refractivity contribution in [1.29, 1.82) is 0 Å². The molecule has 0 radical (unpaired) electrons. The van der Waals surface area contributed by atoms with E-state index >= 15 is 0 Å². The van der Waals surface area contributed by atoms with Crippen LogP contribution in [0.2, 0.25) is 0 Å². The molecule has 0 unspecified atom stereocenters. The van der Waals surface area contributed by atoms with Gasteiger partial charge in [0, 0.05) is 23.1 Å². The minimum Gasteiger partial charge on any atom is -0.465 e. The van der Waals surface area contributed by atoms with Crippen molar-refractivity contribution in [2.45, 2.75) is 25.1 Å². The fourth-order valence-corrected chi connectivity index (χ4v) is 3.04. The molecule has 3 rings (SSSR count). The van der Waals surface area contributed by atoms with Gasteiger partial charge in [0.05, 0.1) is 5.56 Å². The van der Waals surface area contributed by atoms with Crippen molar-refractivity contribution in [2.75, 3.05) is 0 Å². The van der Waals surface area contributed by atoms with E-state index in [-0.39, 0.29) is 6.42 Å². The first-order chi connectivity index (χ1) is 12.3. The van der Waals surface area contributed by atoms with E-state index in [1.54, 1.807) is 6.20 Å². The third kappa shape index (κ3) is 4.17. The predicted octanol–water partition coefficient (Wildman–Crippen LogP) is 4.61. The molecule has 136 valence electrons. The first kappa shape index (κ1) is 17.8. The lowest BCUT2D eigenvalue weighted by Crippen LogP contribution is -2.37. The average molecular weight is 362 g/mol. The molecule has 0 saturated carbocycles. The number of benzene rings is 2. The number of nitrogens with one attached hydrogen (secondary N) is 2. The van der Waals surface area contributed by atoms with Gasteiger partial charge in [-0.2, -0.15) is 13.2 Å². The molecule has 0 aliphatic heterocycles. The molecule has 0 aliphatic carbocycles. The van der Waals surface area contributed by atoms with Gasteiger partial charge in [-0.3, -0.25) is 0 Å². The van der Waals surface area contributed by atoms with Crippen LogP contribution in [-0.4, -0.2) is 22.2 Å². The largest absolute Gasteiger partial charge is 0.465 e. The first-order valence-electron chi connectivity index (χ1n) is 8.03. The Morgan fingerprint density at radius 1 is 1.12 bits per heavy atom. The molecule has 0 aliphatic rings. The molecule has 3 N–H and O–H groups in total. The summed E-state index contributed by atoms with van der Waals surface area (Å²) in [5.41, 5.74) is 1.45. The molecule has 2 aromatic carbocycles. The molecule has 1 heterocycles. The number of rotatable bonds is 5. The zero-order chi connectivity index (χ0) is 18.7. The Kier molecular flexibility index (Phi) is 4.88. The van der Waals surface area contributed by atoms with Crippen LogP contribution in [0.5, 0.6) is 0 Å². The predicted molar refractivity (Wildman–Crippen MR) is 92.1 cm³/mol. The van der Waals surface area contributed by atoms with Gasteiger partial charge < -0.3 is 15.4 Å². The summed E-state index contributed by atoms with van der Waals surface area (Å²) in [4.78, 5) is 14.1. The van der Waals surface area contributed by atoms with Crippen LogP contribution in [0.15, 0.2) is 54.7 Å². The van der Waals surface area contributed by atoms with E-state index in [0.717, 1.165) is 17.7 Å². The van der Waals surface area contributed by atoms with Crippen molar-refractivity contribution in [2.24, 2.45) is 0 Å². The highest BCUT2D eigenvalue weighted by molar-refractivity contribution is 5.84. The van der Waals surface area contributed by atoms with Gasteiger partial charge in [-0.25, -0.2) is 4.79 Å². The highest BCUT2D eigenvalue weighted by atomic mass is 19.4. The van der Waals surface area contributed by atoms with Crippen LogP contribution >= 0.6 is 0 Å². The molecule has 26 heavy (non-hydrogen) atoms. The summed E-state index contributed by atoms with van der Waals surface area (Å²) >= 11 is 0. The number of aromatic nitrogens is 1. The Hall–Kier alpha value is -2.96. The normalized spacial score (nSPS) is 12.9. The number of carboxylic acid groups (broad SMARTS) is 1. The fourth-order valence-electron chi connectivity index (χ4n) is 3.04. The number of hydrogen-bond acceptors (Lipinski definition) is 1. The summed E-state index contributed by atoms with van der Waals surface area (Å²) in [5.74, 6) is 0. The van der Waals surface area contributed by atoms with E-state index in [4.69, 9.17) is 5.11 Å². The van der Waals surface area contributed by atoms with Crippen LogP contribution in [0.3, 0.4) is 0 Å². The Labute approximate surface area is 147 Å². The number of halogens is 3. The number of H-pyrrole nitrogens is 1. The highest BCUT2D eigenvalue weighted by Gasteiger charge is 2.30. The minimum absolute atomic E-state index is 0.280. The molecule has 1 atom stereocenters. The summed E-state index contributed by atoms with van der Waals surface area (Å²) in [7, 11) is 0. The SMILES string of the molecule is O=C(O)N[C@H](Cc1ccccc1)Cc1c[nH]c2ccc(C(F)(F)F)cc12. The average Bonchev–Trinajstić information content (AvgIpc) is 2.96. The fraction of sp³-hybridized carbons (Fsp3) is 0.211. The van der Waals surface area contributed by atoms with Crippen LogP contribution in [0.1, 0.15) is 16.7 Å². The molecule has 1 amide bonds. The van der Waals surface area contributed by atoms with E-state index in [9.17, 15) is 18.0 Å². The summed E-state index contributed by atoms with van der Waals surface area (Å²) < 4.78 is 38.9. The quantitative estimate of drug-likeness (QED) is 0.621. The molecule has 0 bridgehead atoms. The molecule has 7 heteroatoms. The topological polar surface area (TPSA) is 65.1 Å². The van der Waals surface area contributed by atoms with Crippen molar-refractivity contribution < 1.29 is 23.1 Å². The van der Waals surface area contributed by atoms with Gasteiger partial charge in [-0.1, -0.05) is 30.3 Å². The molecule has 3 aromatic rings. The van der Waals surface area contributed by atoms with E-state index in [1.807, 2.05) is 30.3 Å². The Bertz CT molecular complexity index is 904. The Balaban J connectivity index is 1.89. The number of alkyl halides is 3.